The maximum absolute atomic E-state index is 12.1. The fourth-order valence-corrected chi connectivity index (χ4v) is 4.97. The van der Waals surface area contributed by atoms with Gasteiger partial charge in [-0.2, -0.15) is 0 Å². The first kappa shape index (κ1) is 25.3. The van der Waals surface area contributed by atoms with Crippen LogP contribution in [0.1, 0.15) is 50.7 Å². The number of carbonyl (C=O) groups excluding carboxylic acids is 1. The molecular formula is C30H36ClN3O. The molecule has 2 heterocycles. The first-order valence-corrected chi connectivity index (χ1v) is 13.0. The Bertz CT molecular complexity index is 1220. The molecule has 0 bridgehead atoms. The summed E-state index contributed by atoms with van der Waals surface area (Å²) >= 11 is 6.33. The zero-order chi connectivity index (χ0) is 24.8. The summed E-state index contributed by atoms with van der Waals surface area (Å²) in [6.07, 6.45) is 12.9. The number of carbonyl (C=O) groups is 1. The van der Waals surface area contributed by atoms with Crippen molar-refractivity contribution in [1.29, 1.82) is 0 Å². The largest absolute Gasteiger partial charge is 0.343 e. The minimum absolute atomic E-state index is 0.0203. The van der Waals surface area contributed by atoms with Crippen LogP contribution in [-0.4, -0.2) is 28.5 Å². The fourth-order valence-electron chi connectivity index (χ4n) is 4.80. The van der Waals surface area contributed by atoms with Gasteiger partial charge in [-0.1, -0.05) is 68.0 Å². The molecule has 0 atom stereocenters. The molecule has 0 spiro atoms. The molecule has 1 aromatic heterocycles. The van der Waals surface area contributed by atoms with Crippen LogP contribution in [0, 0.1) is 5.92 Å². The third-order valence-corrected chi connectivity index (χ3v) is 7.04. The van der Waals surface area contributed by atoms with Crippen molar-refractivity contribution in [3.63, 3.8) is 0 Å². The number of nitrogens with zero attached hydrogens (tertiary/aromatic N) is 2. The minimum atomic E-state index is -0.0203. The Morgan fingerprint density at radius 3 is 2.69 bits per heavy atom. The highest BCUT2D eigenvalue weighted by Gasteiger charge is 2.22. The molecule has 1 amide bonds. The van der Waals surface area contributed by atoms with Crippen LogP contribution in [0.15, 0.2) is 73.0 Å². The second-order valence-electron chi connectivity index (χ2n) is 9.74. The number of fused-ring (bicyclic) bond motifs is 1. The monoisotopic (exact) mass is 489 g/mol. The van der Waals surface area contributed by atoms with Gasteiger partial charge in [0.05, 0.1) is 5.52 Å². The summed E-state index contributed by atoms with van der Waals surface area (Å²) in [6, 6.07) is 14.6. The van der Waals surface area contributed by atoms with E-state index in [1.54, 1.807) is 0 Å². The number of nitrogens with one attached hydrogen (secondary N) is 1. The number of halogens is 1. The second-order valence-corrected chi connectivity index (χ2v) is 10.2. The number of likely N-dealkylation sites (tertiary alicyclic amines) is 1. The first-order valence-electron chi connectivity index (χ1n) is 12.6. The smallest absolute Gasteiger partial charge is 0.226 e. The lowest BCUT2D eigenvalue weighted by Crippen LogP contribution is -2.32. The number of anilines is 1. The Kier molecular flexibility index (Phi) is 8.48. The number of benzene rings is 2. The predicted octanol–water partition coefficient (Wildman–Crippen LogP) is 7.40. The van der Waals surface area contributed by atoms with Gasteiger partial charge in [0.15, 0.2) is 0 Å². The first-order chi connectivity index (χ1) is 16.9. The minimum Gasteiger partial charge on any atom is -0.343 e. The number of amides is 1. The van der Waals surface area contributed by atoms with Crippen molar-refractivity contribution in [3.05, 3.63) is 89.1 Å². The van der Waals surface area contributed by atoms with Crippen molar-refractivity contribution in [2.24, 2.45) is 5.92 Å². The van der Waals surface area contributed by atoms with Gasteiger partial charge in [-0.25, -0.2) is 0 Å². The molecule has 1 fully saturated rings. The summed E-state index contributed by atoms with van der Waals surface area (Å²) in [6.45, 7) is 9.76. The van der Waals surface area contributed by atoms with Crippen LogP contribution in [0.4, 0.5) is 5.69 Å². The van der Waals surface area contributed by atoms with E-state index in [1.165, 1.54) is 22.0 Å². The van der Waals surface area contributed by atoms with Gasteiger partial charge in [-0.15, -0.1) is 0 Å². The van der Waals surface area contributed by atoms with Gasteiger partial charge in [0.25, 0.3) is 0 Å². The molecule has 0 unspecified atom stereocenters. The Morgan fingerprint density at radius 1 is 1.14 bits per heavy atom. The molecule has 35 heavy (non-hydrogen) atoms. The van der Waals surface area contributed by atoms with Gasteiger partial charge in [-0.05, 0) is 74.2 Å². The van der Waals surface area contributed by atoms with Crippen molar-refractivity contribution < 1.29 is 4.79 Å². The van der Waals surface area contributed by atoms with Crippen molar-refractivity contribution in [1.82, 2.24) is 9.47 Å². The molecule has 1 N–H and O–H groups in total. The van der Waals surface area contributed by atoms with Gasteiger partial charge >= 0.3 is 0 Å². The van der Waals surface area contributed by atoms with E-state index in [9.17, 15) is 4.79 Å². The molecule has 1 saturated heterocycles. The normalized spacial score (nSPS) is 15.7. The lowest BCUT2D eigenvalue weighted by molar-refractivity contribution is -0.118. The number of allylic oxidation sites excluding steroid dienone is 4. The maximum Gasteiger partial charge on any atom is 0.226 e. The SMILES string of the molecule is C/C=C\C=C/Cn1cc(CN2CCC(c3cccc(NC(=O)C(C)C)c3)CC2)c2ccc(Cl)cc21. The van der Waals surface area contributed by atoms with Crippen molar-refractivity contribution in [3.8, 4) is 0 Å². The number of hydrogen-bond acceptors (Lipinski definition) is 2. The Labute approximate surface area is 214 Å². The van der Waals surface area contributed by atoms with Crippen LogP contribution < -0.4 is 5.32 Å². The molecule has 0 saturated carbocycles. The third-order valence-electron chi connectivity index (χ3n) is 6.80. The summed E-state index contributed by atoms with van der Waals surface area (Å²) in [5.74, 6) is 0.571. The molecular weight excluding hydrogens is 454 g/mol. The van der Waals surface area contributed by atoms with Crippen LogP contribution in [0.5, 0.6) is 0 Å². The summed E-state index contributed by atoms with van der Waals surface area (Å²) in [4.78, 5) is 14.6. The number of aromatic nitrogens is 1. The second kappa shape index (κ2) is 11.7. The Balaban J connectivity index is 1.42. The highest BCUT2D eigenvalue weighted by atomic mass is 35.5. The lowest BCUT2D eigenvalue weighted by atomic mass is 9.89. The van der Waals surface area contributed by atoms with E-state index in [0.29, 0.717) is 5.92 Å². The third kappa shape index (κ3) is 6.45. The van der Waals surface area contributed by atoms with Gasteiger partial charge in [0.1, 0.15) is 0 Å². The van der Waals surface area contributed by atoms with Crippen LogP contribution in [0.2, 0.25) is 5.02 Å². The van der Waals surface area contributed by atoms with Gasteiger partial charge < -0.3 is 9.88 Å². The zero-order valence-corrected chi connectivity index (χ0v) is 21.8. The van der Waals surface area contributed by atoms with Gasteiger partial charge in [-0.3, -0.25) is 9.69 Å². The highest BCUT2D eigenvalue weighted by Crippen LogP contribution is 2.32. The van der Waals surface area contributed by atoms with E-state index >= 15 is 0 Å². The lowest BCUT2D eigenvalue weighted by Gasteiger charge is -2.32. The average Bonchev–Trinajstić information content (AvgIpc) is 3.18. The quantitative estimate of drug-likeness (QED) is 0.334. The summed E-state index contributed by atoms with van der Waals surface area (Å²) in [5, 5.41) is 5.09. The topological polar surface area (TPSA) is 37.3 Å². The van der Waals surface area contributed by atoms with Crippen LogP contribution in [0.25, 0.3) is 10.9 Å². The van der Waals surface area contributed by atoms with E-state index in [0.717, 1.165) is 49.7 Å². The molecule has 4 nitrogen and oxygen atoms in total. The van der Waals surface area contributed by atoms with Crippen LogP contribution in [-0.2, 0) is 17.9 Å². The van der Waals surface area contributed by atoms with E-state index in [1.807, 2.05) is 39.0 Å². The van der Waals surface area contributed by atoms with E-state index in [2.05, 4.69) is 69.5 Å². The standard InChI is InChI=1S/C30H36ClN3O/c1-4-5-6-7-15-34-21-25(28-12-11-26(31)19-29(28)34)20-33-16-13-23(14-17-33)24-9-8-10-27(18-24)32-30(35)22(2)3/h4-12,18-19,21-23H,13-17,20H2,1-3H3,(H,32,35)/b5-4-,7-6-. The number of piperidine rings is 1. The maximum atomic E-state index is 12.1. The molecule has 2 aromatic carbocycles. The van der Waals surface area contributed by atoms with E-state index in [4.69, 9.17) is 11.6 Å². The van der Waals surface area contributed by atoms with Crippen molar-refractivity contribution in [2.45, 2.75) is 52.6 Å². The molecule has 5 heteroatoms. The van der Waals surface area contributed by atoms with Gasteiger partial charge in [0.2, 0.25) is 5.91 Å². The van der Waals surface area contributed by atoms with Crippen molar-refractivity contribution >= 4 is 34.1 Å². The Hall–Kier alpha value is -2.82. The zero-order valence-electron chi connectivity index (χ0n) is 21.0. The highest BCUT2D eigenvalue weighted by molar-refractivity contribution is 6.31. The summed E-state index contributed by atoms with van der Waals surface area (Å²) < 4.78 is 2.29. The van der Waals surface area contributed by atoms with E-state index in [-0.39, 0.29) is 11.8 Å². The van der Waals surface area contributed by atoms with Crippen molar-refractivity contribution in [2.75, 3.05) is 18.4 Å². The fraction of sp³-hybridized carbons (Fsp3) is 0.367. The predicted molar refractivity (Wildman–Crippen MR) is 148 cm³/mol. The molecule has 0 radical (unpaired) electrons. The summed E-state index contributed by atoms with van der Waals surface area (Å²) in [5.41, 5.74) is 4.77. The van der Waals surface area contributed by atoms with E-state index < -0.39 is 0 Å². The Morgan fingerprint density at radius 2 is 1.94 bits per heavy atom. The number of hydrogen-bond donors (Lipinski definition) is 1. The van der Waals surface area contributed by atoms with Crippen LogP contribution in [0.3, 0.4) is 0 Å². The average molecular weight is 490 g/mol. The van der Waals surface area contributed by atoms with Gasteiger partial charge in [0, 0.05) is 41.3 Å². The molecule has 1 aliphatic rings. The van der Waals surface area contributed by atoms with Crippen LogP contribution >= 0.6 is 11.6 Å². The molecule has 3 aromatic rings. The molecule has 4 rings (SSSR count). The molecule has 1 aliphatic heterocycles. The molecule has 184 valence electrons. The summed E-state index contributed by atoms with van der Waals surface area (Å²) in [7, 11) is 0. The number of rotatable bonds is 8. The molecule has 0 aliphatic carbocycles.